The van der Waals surface area contributed by atoms with Crippen molar-refractivity contribution in [1.29, 1.82) is 0 Å². The normalized spacial score (nSPS) is 15.3. The number of anilines is 1. The lowest BCUT2D eigenvalue weighted by Crippen LogP contribution is -2.49. The van der Waals surface area contributed by atoms with Gasteiger partial charge in [-0.3, -0.25) is 9.59 Å². The summed E-state index contributed by atoms with van der Waals surface area (Å²) in [5.74, 6) is -0.416. The van der Waals surface area contributed by atoms with Gasteiger partial charge in [-0.1, -0.05) is 32.0 Å². The molecule has 0 saturated carbocycles. The van der Waals surface area contributed by atoms with Crippen LogP contribution in [0.4, 0.5) is 5.69 Å². The SMILES string of the molecule is CC(C)C(NC(=O)c1ccco1)C(=O)NCc1ccccc1N1CCCCC1. The van der Waals surface area contributed by atoms with Gasteiger partial charge >= 0.3 is 0 Å². The van der Waals surface area contributed by atoms with Gasteiger partial charge in [0.15, 0.2) is 5.76 Å². The van der Waals surface area contributed by atoms with E-state index >= 15 is 0 Å². The van der Waals surface area contributed by atoms with Crippen molar-refractivity contribution < 1.29 is 14.0 Å². The molecule has 1 fully saturated rings. The number of hydrogen-bond acceptors (Lipinski definition) is 4. The van der Waals surface area contributed by atoms with Crippen molar-refractivity contribution in [2.45, 2.75) is 45.7 Å². The third kappa shape index (κ3) is 4.94. The number of furan rings is 1. The molecule has 0 aliphatic carbocycles. The molecule has 3 rings (SSSR count). The van der Waals surface area contributed by atoms with Gasteiger partial charge in [0.2, 0.25) is 5.91 Å². The van der Waals surface area contributed by atoms with E-state index in [1.165, 1.54) is 31.2 Å². The van der Waals surface area contributed by atoms with Crippen LogP contribution < -0.4 is 15.5 Å². The number of amides is 2. The molecule has 2 amide bonds. The highest BCUT2D eigenvalue weighted by molar-refractivity contribution is 5.95. The monoisotopic (exact) mass is 383 g/mol. The number of piperidine rings is 1. The van der Waals surface area contributed by atoms with Crippen LogP contribution in [0.25, 0.3) is 0 Å². The van der Waals surface area contributed by atoms with Gasteiger partial charge < -0.3 is 20.0 Å². The van der Waals surface area contributed by atoms with E-state index in [1.54, 1.807) is 12.1 Å². The maximum absolute atomic E-state index is 12.8. The first-order chi connectivity index (χ1) is 13.6. The van der Waals surface area contributed by atoms with E-state index in [2.05, 4.69) is 27.7 Å². The van der Waals surface area contributed by atoms with Crippen LogP contribution in [0.5, 0.6) is 0 Å². The van der Waals surface area contributed by atoms with Crippen molar-refractivity contribution in [1.82, 2.24) is 10.6 Å². The van der Waals surface area contributed by atoms with E-state index in [-0.39, 0.29) is 23.5 Å². The fourth-order valence-electron chi connectivity index (χ4n) is 3.55. The van der Waals surface area contributed by atoms with E-state index in [4.69, 9.17) is 4.42 Å². The summed E-state index contributed by atoms with van der Waals surface area (Å²) in [5.41, 5.74) is 2.28. The summed E-state index contributed by atoms with van der Waals surface area (Å²) >= 11 is 0. The second kappa shape index (κ2) is 9.44. The molecule has 1 aromatic carbocycles. The highest BCUT2D eigenvalue weighted by Crippen LogP contribution is 2.24. The molecule has 150 valence electrons. The molecule has 1 saturated heterocycles. The Morgan fingerprint density at radius 1 is 1.07 bits per heavy atom. The lowest BCUT2D eigenvalue weighted by atomic mass is 10.0. The molecule has 6 nitrogen and oxygen atoms in total. The second-order valence-corrected chi connectivity index (χ2v) is 7.57. The average molecular weight is 383 g/mol. The lowest BCUT2D eigenvalue weighted by Gasteiger charge is -2.31. The number of rotatable bonds is 7. The van der Waals surface area contributed by atoms with Gasteiger partial charge in [0.25, 0.3) is 5.91 Å². The number of nitrogens with one attached hydrogen (secondary N) is 2. The Hall–Kier alpha value is -2.76. The van der Waals surface area contributed by atoms with Crippen LogP contribution in [0.2, 0.25) is 0 Å². The van der Waals surface area contributed by atoms with Crippen LogP contribution >= 0.6 is 0 Å². The zero-order valence-electron chi connectivity index (χ0n) is 16.6. The molecule has 1 aromatic heterocycles. The Balaban J connectivity index is 1.64. The first-order valence-electron chi connectivity index (χ1n) is 10.0. The number of benzene rings is 1. The highest BCUT2D eigenvalue weighted by atomic mass is 16.3. The molecule has 1 aliphatic rings. The van der Waals surface area contributed by atoms with Gasteiger partial charge in [-0.05, 0) is 48.9 Å². The Kier molecular flexibility index (Phi) is 6.74. The van der Waals surface area contributed by atoms with Gasteiger partial charge in [-0.15, -0.1) is 0 Å². The number of carbonyl (C=O) groups is 2. The molecule has 0 spiro atoms. The van der Waals surface area contributed by atoms with E-state index in [0.717, 1.165) is 18.7 Å². The second-order valence-electron chi connectivity index (χ2n) is 7.57. The smallest absolute Gasteiger partial charge is 0.287 e. The molecule has 2 N–H and O–H groups in total. The molecule has 0 radical (unpaired) electrons. The Labute approximate surface area is 166 Å². The molecule has 6 heteroatoms. The fourth-order valence-corrected chi connectivity index (χ4v) is 3.55. The third-order valence-corrected chi connectivity index (χ3v) is 5.12. The zero-order chi connectivity index (χ0) is 19.9. The summed E-state index contributed by atoms with van der Waals surface area (Å²) in [6.45, 7) is 6.37. The molecule has 28 heavy (non-hydrogen) atoms. The van der Waals surface area contributed by atoms with Crippen molar-refractivity contribution in [3.05, 3.63) is 54.0 Å². The molecule has 1 aliphatic heterocycles. The summed E-state index contributed by atoms with van der Waals surface area (Å²) in [7, 11) is 0. The maximum atomic E-state index is 12.8. The summed E-state index contributed by atoms with van der Waals surface area (Å²) in [4.78, 5) is 27.4. The summed E-state index contributed by atoms with van der Waals surface area (Å²) in [5, 5.41) is 5.78. The summed E-state index contributed by atoms with van der Waals surface area (Å²) in [6.07, 6.45) is 5.13. The van der Waals surface area contributed by atoms with Gasteiger partial charge in [0.05, 0.1) is 6.26 Å². The van der Waals surface area contributed by atoms with Gasteiger partial charge in [-0.25, -0.2) is 0 Å². The summed E-state index contributed by atoms with van der Waals surface area (Å²) in [6, 6.07) is 10.8. The molecular weight excluding hydrogens is 354 g/mol. The first kappa shape index (κ1) is 20.0. The van der Waals surface area contributed by atoms with Crippen molar-refractivity contribution >= 4 is 17.5 Å². The standard InChI is InChI=1S/C22H29N3O3/c1-16(2)20(24-21(26)19-11-8-14-28-19)22(27)23-15-17-9-4-5-10-18(17)25-12-6-3-7-13-25/h4-5,8-11,14,16,20H,3,6-7,12-13,15H2,1-2H3,(H,23,27)(H,24,26). The first-order valence-corrected chi connectivity index (χ1v) is 10.0. The number of carbonyl (C=O) groups excluding carboxylic acids is 2. The number of nitrogens with zero attached hydrogens (tertiary/aromatic N) is 1. The predicted molar refractivity (Wildman–Crippen MR) is 109 cm³/mol. The van der Waals surface area contributed by atoms with Crippen LogP contribution in [0.1, 0.15) is 49.2 Å². The van der Waals surface area contributed by atoms with Gasteiger partial charge in [0.1, 0.15) is 6.04 Å². The number of hydrogen-bond donors (Lipinski definition) is 2. The Morgan fingerprint density at radius 2 is 1.82 bits per heavy atom. The fraction of sp³-hybridized carbons (Fsp3) is 0.455. The minimum atomic E-state index is -0.625. The van der Waals surface area contributed by atoms with Gasteiger partial charge in [-0.2, -0.15) is 0 Å². The van der Waals surface area contributed by atoms with Crippen LogP contribution in [0.15, 0.2) is 47.1 Å². The van der Waals surface area contributed by atoms with Crippen molar-refractivity contribution in [2.75, 3.05) is 18.0 Å². The lowest BCUT2D eigenvalue weighted by molar-refractivity contribution is -0.124. The minimum absolute atomic E-state index is 0.0451. The van der Waals surface area contributed by atoms with Crippen LogP contribution in [-0.2, 0) is 11.3 Å². The van der Waals surface area contributed by atoms with Gasteiger partial charge in [0, 0.05) is 25.3 Å². The third-order valence-electron chi connectivity index (χ3n) is 5.12. The van der Waals surface area contributed by atoms with Crippen molar-refractivity contribution in [3.63, 3.8) is 0 Å². The topological polar surface area (TPSA) is 74.6 Å². The molecule has 2 heterocycles. The summed E-state index contributed by atoms with van der Waals surface area (Å²) < 4.78 is 5.12. The maximum Gasteiger partial charge on any atom is 0.287 e. The van der Waals surface area contributed by atoms with Crippen molar-refractivity contribution in [2.24, 2.45) is 5.92 Å². The largest absolute Gasteiger partial charge is 0.459 e. The van der Waals surface area contributed by atoms with Crippen LogP contribution in [0.3, 0.4) is 0 Å². The van der Waals surface area contributed by atoms with E-state index in [9.17, 15) is 9.59 Å². The molecule has 0 bridgehead atoms. The Morgan fingerprint density at radius 3 is 2.50 bits per heavy atom. The average Bonchev–Trinajstić information content (AvgIpc) is 3.26. The van der Waals surface area contributed by atoms with E-state index < -0.39 is 6.04 Å². The minimum Gasteiger partial charge on any atom is -0.459 e. The predicted octanol–water partition coefficient (Wildman–Crippen LogP) is 3.34. The van der Waals surface area contributed by atoms with E-state index in [0.29, 0.717) is 6.54 Å². The molecule has 1 unspecified atom stereocenters. The van der Waals surface area contributed by atoms with Crippen LogP contribution in [-0.4, -0.2) is 30.9 Å². The van der Waals surface area contributed by atoms with Crippen LogP contribution in [0, 0.1) is 5.92 Å². The molecule has 2 aromatic rings. The molecular formula is C22H29N3O3. The van der Waals surface area contributed by atoms with E-state index in [1.807, 2.05) is 26.0 Å². The quantitative estimate of drug-likeness (QED) is 0.769. The Bertz CT molecular complexity index is 780. The molecule has 1 atom stereocenters. The number of para-hydroxylation sites is 1. The highest BCUT2D eigenvalue weighted by Gasteiger charge is 2.25. The van der Waals surface area contributed by atoms with Crippen molar-refractivity contribution in [3.8, 4) is 0 Å². The zero-order valence-corrected chi connectivity index (χ0v) is 16.6.